The van der Waals surface area contributed by atoms with E-state index in [0.717, 1.165) is 47.1 Å². The standard InChI is InChI=1S/C29H35N3O7S2/c1-3-11-32(12-4-2)21-8-7-18-13-20(6-5-19(18)14-21)25-10-9-22(40-25)15-23(16-30)41(37,38)31-26-28(35)27(34)24(17-33)39-29(26)36/h5-10,13-15,24,26-29,31,33-36H,3-4,11-12,17H2,1-2H3/b23-15+/t24-,26-,27-,28-,29?/m1/s1. The summed E-state index contributed by atoms with van der Waals surface area (Å²) in [5.41, 5.74) is 2.14. The Balaban J connectivity index is 1.54. The Bertz CT molecular complexity index is 1530. The quantitative estimate of drug-likeness (QED) is 0.208. The van der Waals surface area contributed by atoms with E-state index in [4.69, 9.17) is 4.74 Å². The topological polar surface area (TPSA) is 163 Å². The lowest BCUT2D eigenvalue weighted by atomic mass is 9.98. The van der Waals surface area contributed by atoms with E-state index in [9.17, 15) is 34.1 Å². The van der Waals surface area contributed by atoms with E-state index in [2.05, 4.69) is 49.1 Å². The lowest BCUT2D eigenvalue weighted by molar-refractivity contribution is -0.251. The molecular weight excluding hydrogens is 566 g/mol. The highest BCUT2D eigenvalue weighted by atomic mass is 32.2. The number of nitriles is 1. The third-order valence-electron chi connectivity index (χ3n) is 6.95. The third kappa shape index (κ3) is 6.97. The largest absolute Gasteiger partial charge is 0.394 e. The van der Waals surface area contributed by atoms with E-state index in [1.165, 1.54) is 23.1 Å². The second-order valence-corrected chi connectivity index (χ2v) is 12.7. The summed E-state index contributed by atoms with van der Waals surface area (Å²) in [6.07, 6.45) is -3.21. The van der Waals surface area contributed by atoms with Crippen LogP contribution in [0, 0.1) is 11.3 Å². The molecular formula is C29H35N3O7S2. The zero-order chi connectivity index (χ0) is 29.7. The van der Waals surface area contributed by atoms with E-state index in [1.54, 1.807) is 12.1 Å². The average molecular weight is 602 g/mol. The fraction of sp³-hybridized carbons (Fsp3) is 0.414. The molecule has 3 aromatic rings. The van der Waals surface area contributed by atoms with Gasteiger partial charge < -0.3 is 30.1 Å². The summed E-state index contributed by atoms with van der Waals surface area (Å²) in [5.74, 6) is 0. The third-order valence-corrected chi connectivity index (χ3v) is 9.40. The van der Waals surface area contributed by atoms with Crippen molar-refractivity contribution in [2.75, 3.05) is 24.6 Å². The first-order chi connectivity index (χ1) is 19.6. The molecule has 0 amide bonds. The van der Waals surface area contributed by atoms with E-state index in [0.29, 0.717) is 4.88 Å². The van der Waals surface area contributed by atoms with Gasteiger partial charge in [-0.1, -0.05) is 32.0 Å². The van der Waals surface area contributed by atoms with Gasteiger partial charge in [-0.2, -0.15) is 9.98 Å². The molecule has 1 aromatic heterocycles. The van der Waals surface area contributed by atoms with Crippen molar-refractivity contribution in [2.24, 2.45) is 0 Å². The maximum absolute atomic E-state index is 13.0. The molecule has 2 aromatic carbocycles. The van der Waals surface area contributed by atoms with Crippen molar-refractivity contribution < 1.29 is 33.6 Å². The maximum atomic E-state index is 13.0. The van der Waals surface area contributed by atoms with Gasteiger partial charge in [0.15, 0.2) is 11.2 Å². The van der Waals surface area contributed by atoms with Crippen LogP contribution in [0.2, 0.25) is 0 Å². The molecule has 220 valence electrons. The molecule has 5 atom stereocenters. The van der Waals surface area contributed by atoms with Gasteiger partial charge >= 0.3 is 0 Å². The Kier molecular flexibility index (Phi) is 10.2. The number of benzene rings is 2. The number of hydrogen-bond acceptors (Lipinski definition) is 10. The number of aliphatic hydroxyl groups excluding tert-OH is 4. The van der Waals surface area contributed by atoms with Gasteiger partial charge in [-0.3, -0.25) is 0 Å². The Hall–Kier alpha value is -2.86. The van der Waals surface area contributed by atoms with Crippen molar-refractivity contribution in [3.05, 3.63) is 58.3 Å². The number of anilines is 1. The van der Waals surface area contributed by atoms with Gasteiger partial charge in [0.05, 0.1) is 6.61 Å². The number of hydrogen-bond donors (Lipinski definition) is 5. The van der Waals surface area contributed by atoms with Crippen LogP contribution in [-0.2, 0) is 14.8 Å². The Labute approximate surface area is 243 Å². The van der Waals surface area contributed by atoms with Crippen LogP contribution in [0.1, 0.15) is 31.6 Å². The van der Waals surface area contributed by atoms with Gasteiger partial charge in [0.2, 0.25) is 0 Å². The predicted octanol–water partition coefficient (Wildman–Crippen LogP) is 2.78. The molecule has 41 heavy (non-hydrogen) atoms. The molecule has 0 radical (unpaired) electrons. The molecule has 0 aliphatic carbocycles. The van der Waals surface area contributed by atoms with E-state index in [-0.39, 0.29) is 0 Å². The first-order valence-electron chi connectivity index (χ1n) is 13.5. The number of nitrogens with zero attached hydrogens (tertiary/aromatic N) is 2. The Morgan fingerprint density at radius 3 is 2.39 bits per heavy atom. The molecule has 0 bridgehead atoms. The lowest BCUT2D eigenvalue weighted by Crippen LogP contribution is -2.64. The van der Waals surface area contributed by atoms with Gasteiger partial charge in [-0.25, -0.2) is 8.42 Å². The molecule has 2 heterocycles. The first kappa shape index (κ1) is 31.1. The minimum atomic E-state index is -4.51. The minimum Gasteiger partial charge on any atom is -0.394 e. The zero-order valence-electron chi connectivity index (χ0n) is 22.8. The van der Waals surface area contributed by atoms with Gasteiger partial charge in [0.1, 0.15) is 30.4 Å². The molecule has 12 heteroatoms. The van der Waals surface area contributed by atoms with Crippen molar-refractivity contribution in [1.29, 1.82) is 5.26 Å². The molecule has 10 nitrogen and oxygen atoms in total. The fourth-order valence-electron chi connectivity index (χ4n) is 4.84. The molecule has 1 saturated heterocycles. The molecule has 1 aliphatic heterocycles. The summed E-state index contributed by atoms with van der Waals surface area (Å²) in [5, 5.41) is 51.5. The summed E-state index contributed by atoms with van der Waals surface area (Å²) in [7, 11) is -4.51. The first-order valence-corrected chi connectivity index (χ1v) is 15.7. The molecule has 4 rings (SSSR count). The van der Waals surface area contributed by atoms with E-state index in [1.807, 2.05) is 16.9 Å². The van der Waals surface area contributed by atoms with E-state index < -0.39 is 52.2 Å². The Morgan fingerprint density at radius 1 is 1.05 bits per heavy atom. The summed E-state index contributed by atoms with van der Waals surface area (Å²) in [6.45, 7) is 5.66. The average Bonchev–Trinajstić information content (AvgIpc) is 3.44. The summed E-state index contributed by atoms with van der Waals surface area (Å²) in [6, 6.07) is 16.1. The maximum Gasteiger partial charge on any atom is 0.251 e. The van der Waals surface area contributed by atoms with Crippen LogP contribution in [-0.4, -0.2) is 79.2 Å². The van der Waals surface area contributed by atoms with Gasteiger partial charge in [-0.05, 0) is 65.6 Å². The highest BCUT2D eigenvalue weighted by Gasteiger charge is 2.45. The van der Waals surface area contributed by atoms with Crippen LogP contribution < -0.4 is 9.62 Å². The fourth-order valence-corrected chi connectivity index (χ4v) is 7.01. The molecule has 1 fully saturated rings. The highest BCUT2D eigenvalue weighted by molar-refractivity contribution is 7.93. The van der Waals surface area contributed by atoms with Crippen molar-refractivity contribution in [3.63, 3.8) is 0 Å². The van der Waals surface area contributed by atoms with Crippen LogP contribution in [0.25, 0.3) is 27.3 Å². The Morgan fingerprint density at radius 2 is 1.73 bits per heavy atom. The number of sulfonamides is 1. The number of ether oxygens (including phenoxy) is 1. The molecule has 1 unspecified atom stereocenters. The smallest absolute Gasteiger partial charge is 0.251 e. The molecule has 1 aliphatic rings. The number of thiophene rings is 1. The lowest BCUT2D eigenvalue weighted by Gasteiger charge is -2.40. The summed E-state index contributed by atoms with van der Waals surface area (Å²) in [4.78, 5) is 3.14. The second kappa shape index (κ2) is 13.4. The van der Waals surface area contributed by atoms with Crippen molar-refractivity contribution in [3.8, 4) is 16.5 Å². The van der Waals surface area contributed by atoms with Crippen LogP contribution in [0.15, 0.2) is 53.4 Å². The number of allylic oxidation sites excluding steroid dienone is 1. The monoisotopic (exact) mass is 601 g/mol. The van der Waals surface area contributed by atoms with Crippen molar-refractivity contribution in [2.45, 2.75) is 57.3 Å². The number of nitrogens with one attached hydrogen (secondary N) is 1. The minimum absolute atomic E-state index is 0.508. The summed E-state index contributed by atoms with van der Waals surface area (Å²) < 4.78 is 32.9. The summed E-state index contributed by atoms with van der Waals surface area (Å²) >= 11 is 1.31. The van der Waals surface area contributed by atoms with Crippen molar-refractivity contribution in [1.82, 2.24) is 4.72 Å². The molecule has 0 spiro atoms. The highest BCUT2D eigenvalue weighted by Crippen LogP contribution is 2.33. The van der Waals surface area contributed by atoms with Gasteiger partial charge in [0, 0.05) is 28.5 Å². The van der Waals surface area contributed by atoms with Gasteiger partial charge in [-0.15, -0.1) is 11.3 Å². The number of aliphatic hydroxyl groups is 4. The molecule has 5 N–H and O–H groups in total. The number of fused-ring (bicyclic) bond motifs is 1. The SMILES string of the molecule is CCCN(CCC)c1ccc2cc(-c3ccc(/C=C(\C#N)S(=O)(=O)N[C@H]4C(O)O[C@H](CO)[C@@H](O)[C@@H]4O)s3)ccc2c1. The van der Waals surface area contributed by atoms with Crippen LogP contribution in [0.5, 0.6) is 0 Å². The zero-order valence-corrected chi connectivity index (χ0v) is 24.5. The van der Waals surface area contributed by atoms with Crippen LogP contribution >= 0.6 is 11.3 Å². The molecule has 0 saturated carbocycles. The number of rotatable bonds is 11. The van der Waals surface area contributed by atoms with Gasteiger partial charge in [0.25, 0.3) is 10.0 Å². The predicted molar refractivity (Wildman–Crippen MR) is 159 cm³/mol. The normalized spacial score (nSPS) is 23.4. The second-order valence-electron chi connectivity index (χ2n) is 9.93. The van der Waals surface area contributed by atoms with E-state index >= 15 is 0 Å². The van der Waals surface area contributed by atoms with Crippen LogP contribution in [0.4, 0.5) is 5.69 Å². The van der Waals surface area contributed by atoms with Crippen LogP contribution in [0.3, 0.4) is 0 Å². The van der Waals surface area contributed by atoms with Crippen molar-refractivity contribution >= 4 is 43.9 Å².